The van der Waals surface area contributed by atoms with Crippen LogP contribution in [0.5, 0.6) is 0 Å². The molecule has 2 amide bonds. The number of nitrogens with one attached hydrogen (secondary N) is 1. The monoisotopic (exact) mass is 404 g/mol. The molecule has 0 bridgehead atoms. The van der Waals surface area contributed by atoms with Gasteiger partial charge in [-0.3, -0.25) is 14.6 Å². The highest BCUT2D eigenvalue weighted by atomic mass is 16.3. The van der Waals surface area contributed by atoms with E-state index < -0.39 is 0 Å². The molecule has 154 valence electrons. The average Bonchev–Trinajstić information content (AvgIpc) is 3.27. The summed E-state index contributed by atoms with van der Waals surface area (Å²) >= 11 is 0. The van der Waals surface area contributed by atoms with Crippen LogP contribution in [0.25, 0.3) is 11.5 Å². The molecule has 30 heavy (non-hydrogen) atoms. The first kappa shape index (κ1) is 19.8. The normalized spacial score (nSPS) is 16.5. The first-order valence-corrected chi connectivity index (χ1v) is 10.1. The third-order valence-electron chi connectivity index (χ3n) is 5.25. The second-order valence-corrected chi connectivity index (χ2v) is 7.37. The highest BCUT2D eigenvalue weighted by Crippen LogP contribution is 2.20. The summed E-state index contributed by atoms with van der Waals surface area (Å²) in [6, 6.07) is 15.4. The number of aromatic nitrogens is 2. The number of nitrogens with zero attached hydrogens (tertiary/aromatic N) is 3. The lowest BCUT2D eigenvalue weighted by Gasteiger charge is -2.31. The van der Waals surface area contributed by atoms with Crippen LogP contribution in [0, 0.1) is 5.92 Å². The summed E-state index contributed by atoms with van der Waals surface area (Å²) in [5.74, 6) is 0.351. The number of carbonyl (C=O) groups is 2. The molecule has 1 fully saturated rings. The minimum atomic E-state index is -0.216. The van der Waals surface area contributed by atoms with E-state index in [1.165, 1.54) is 0 Å². The van der Waals surface area contributed by atoms with Crippen molar-refractivity contribution < 1.29 is 14.0 Å². The molecule has 3 aromatic rings. The average molecular weight is 404 g/mol. The SMILES string of the molecule is O=C(NCc1coc(-c2ccccc2)n1)C1CCC(=O)N(CCc2ccccn2)C1. The minimum absolute atomic E-state index is 0.0606. The van der Waals surface area contributed by atoms with Gasteiger partial charge in [-0.1, -0.05) is 24.3 Å². The summed E-state index contributed by atoms with van der Waals surface area (Å²) in [5, 5.41) is 2.93. The molecular formula is C23H24N4O3. The summed E-state index contributed by atoms with van der Waals surface area (Å²) in [6.45, 7) is 1.31. The molecule has 1 aliphatic heterocycles. The Morgan fingerprint density at radius 3 is 2.77 bits per heavy atom. The zero-order chi connectivity index (χ0) is 20.8. The molecule has 2 aromatic heterocycles. The van der Waals surface area contributed by atoms with Crippen LogP contribution in [0.15, 0.2) is 65.4 Å². The number of pyridine rings is 1. The van der Waals surface area contributed by atoms with Crippen LogP contribution in [-0.4, -0.2) is 39.8 Å². The molecule has 1 unspecified atom stereocenters. The summed E-state index contributed by atoms with van der Waals surface area (Å²) in [7, 11) is 0. The van der Waals surface area contributed by atoms with Crippen LogP contribution in [0.4, 0.5) is 0 Å². The van der Waals surface area contributed by atoms with Gasteiger partial charge in [0.15, 0.2) is 0 Å². The lowest BCUT2D eigenvalue weighted by atomic mass is 9.96. The lowest BCUT2D eigenvalue weighted by molar-refractivity contribution is -0.138. The highest BCUT2D eigenvalue weighted by molar-refractivity contribution is 5.83. The predicted molar refractivity (Wildman–Crippen MR) is 111 cm³/mol. The minimum Gasteiger partial charge on any atom is -0.444 e. The topological polar surface area (TPSA) is 88.3 Å². The van der Waals surface area contributed by atoms with Crippen LogP contribution in [0.2, 0.25) is 0 Å². The number of amides is 2. The first-order chi connectivity index (χ1) is 14.7. The Hall–Kier alpha value is -3.48. The van der Waals surface area contributed by atoms with E-state index in [2.05, 4.69) is 15.3 Å². The second kappa shape index (κ2) is 9.35. The van der Waals surface area contributed by atoms with E-state index in [-0.39, 0.29) is 17.7 Å². The molecule has 0 spiro atoms. The maximum absolute atomic E-state index is 12.7. The van der Waals surface area contributed by atoms with E-state index >= 15 is 0 Å². The Morgan fingerprint density at radius 1 is 1.13 bits per heavy atom. The number of rotatable bonds is 7. The molecule has 1 atom stereocenters. The summed E-state index contributed by atoms with van der Waals surface area (Å²) in [5.41, 5.74) is 2.50. The summed E-state index contributed by atoms with van der Waals surface area (Å²) in [4.78, 5) is 35.4. The van der Waals surface area contributed by atoms with Crippen molar-refractivity contribution in [3.8, 4) is 11.5 Å². The van der Waals surface area contributed by atoms with Crippen LogP contribution in [0.3, 0.4) is 0 Å². The van der Waals surface area contributed by atoms with E-state index in [0.717, 1.165) is 11.3 Å². The van der Waals surface area contributed by atoms with Gasteiger partial charge in [-0.15, -0.1) is 0 Å². The smallest absolute Gasteiger partial charge is 0.226 e. The van der Waals surface area contributed by atoms with Crippen molar-refractivity contribution in [2.75, 3.05) is 13.1 Å². The van der Waals surface area contributed by atoms with Crippen LogP contribution < -0.4 is 5.32 Å². The third-order valence-corrected chi connectivity index (χ3v) is 5.25. The Morgan fingerprint density at radius 2 is 1.97 bits per heavy atom. The van der Waals surface area contributed by atoms with Gasteiger partial charge in [0.2, 0.25) is 17.7 Å². The molecule has 4 rings (SSSR count). The summed E-state index contributed by atoms with van der Waals surface area (Å²) < 4.78 is 5.51. The molecule has 1 saturated heterocycles. The van der Waals surface area contributed by atoms with Crippen molar-refractivity contribution in [2.45, 2.75) is 25.8 Å². The summed E-state index contributed by atoms with van der Waals surface area (Å²) in [6.07, 6.45) is 4.95. The van der Waals surface area contributed by atoms with Gasteiger partial charge in [0.05, 0.1) is 18.2 Å². The van der Waals surface area contributed by atoms with Gasteiger partial charge in [0.25, 0.3) is 0 Å². The molecule has 1 N–H and O–H groups in total. The molecule has 0 aliphatic carbocycles. The largest absolute Gasteiger partial charge is 0.444 e. The van der Waals surface area contributed by atoms with E-state index in [1.54, 1.807) is 17.4 Å². The molecule has 0 radical (unpaired) electrons. The van der Waals surface area contributed by atoms with Crippen LogP contribution >= 0.6 is 0 Å². The zero-order valence-corrected chi connectivity index (χ0v) is 16.7. The van der Waals surface area contributed by atoms with E-state index in [9.17, 15) is 9.59 Å². The fourth-order valence-electron chi connectivity index (χ4n) is 3.56. The molecule has 0 saturated carbocycles. The number of likely N-dealkylation sites (tertiary alicyclic amines) is 1. The predicted octanol–water partition coefficient (Wildman–Crippen LogP) is 2.83. The zero-order valence-electron chi connectivity index (χ0n) is 16.7. The Bertz CT molecular complexity index is 988. The number of piperidine rings is 1. The van der Waals surface area contributed by atoms with Crippen molar-refractivity contribution >= 4 is 11.8 Å². The molecular weight excluding hydrogens is 380 g/mol. The van der Waals surface area contributed by atoms with Crippen LogP contribution in [-0.2, 0) is 22.6 Å². The molecule has 3 heterocycles. The van der Waals surface area contributed by atoms with Gasteiger partial charge in [0, 0.05) is 43.4 Å². The fourth-order valence-corrected chi connectivity index (χ4v) is 3.56. The van der Waals surface area contributed by atoms with E-state index in [4.69, 9.17) is 4.42 Å². The second-order valence-electron chi connectivity index (χ2n) is 7.37. The van der Waals surface area contributed by atoms with Gasteiger partial charge in [-0.05, 0) is 30.7 Å². The van der Waals surface area contributed by atoms with Crippen molar-refractivity contribution in [2.24, 2.45) is 5.92 Å². The lowest BCUT2D eigenvalue weighted by Crippen LogP contribution is -2.46. The Kier molecular flexibility index (Phi) is 6.17. The first-order valence-electron chi connectivity index (χ1n) is 10.1. The van der Waals surface area contributed by atoms with Gasteiger partial charge < -0.3 is 14.6 Å². The highest BCUT2D eigenvalue weighted by Gasteiger charge is 2.30. The molecule has 1 aliphatic rings. The Labute approximate surface area is 175 Å². The van der Waals surface area contributed by atoms with Crippen LogP contribution in [0.1, 0.15) is 24.2 Å². The van der Waals surface area contributed by atoms with E-state index in [1.807, 2.05) is 48.5 Å². The van der Waals surface area contributed by atoms with Crippen molar-refractivity contribution in [3.63, 3.8) is 0 Å². The standard InChI is InChI=1S/C23H24N4O3/c28-21-10-9-18(15-27(21)13-11-19-8-4-5-12-24-19)22(29)25-14-20-16-30-23(26-20)17-6-2-1-3-7-17/h1-8,12,16,18H,9-11,13-15H2,(H,25,29). The van der Waals surface area contributed by atoms with Crippen molar-refractivity contribution in [1.82, 2.24) is 20.2 Å². The number of benzene rings is 1. The molecule has 1 aromatic carbocycles. The quantitative estimate of drug-likeness (QED) is 0.654. The Balaban J connectivity index is 1.29. The number of oxazole rings is 1. The van der Waals surface area contributed by atoms with Crippen molar-refractivity contribution in [3.05, 3.63) is 72.4 Å². The third kappa shape index (κ3) is 4.92. The number of hydrogen-bond acceptors (Lipinski definition) is 5. The van der Waals surface area contributed by atoms with Gasteiger partial charge in [-0.2, -0.15) is 0 Å². The van der Waals surface area contributed by atoms with Gasteiger partial charge in [-0.25, -0.2) is 4.98 Å². The fraction of sp³-hybridized carbons (Fsp3) is 0.304. The van der Waals surface area contributed by atoms with Gasteiger partial charge >= 0.3 is 0 Å². The molecule has 7 heteroatoms. The maximum Gasteiger partial charge on any atom is 0.226 e. The van der Waals surface area contributed by atoms with Gasteiger partial charge in [0.1, 0.15) is 6.26 Å². The number of hydrogen-bond donors (Lipinski definition) is 1. The van der Waals surface area contributed by atoms with Crippen molar-refractivity contribution in [1.29, 1.82) is 0 Å². The molecule has 7 nitrogen and oxygen atoms in total. The maximum atomic E-state index is 12.7. The number of carbonyl (C=O) groups excluding carboxylic acids is 2. The van der Waals surface area contributed by atoms with E-state index in [0.29, 0.717) is 50.5 Å².